The van der Waals surface area contributed by atoms with Crippen molar-refractivity contribution in [3.63, 3.8) is 0 Å². The number of ketones is 1. The van der Waals surface area contributed by atoms with Crippen LogP contribution in [0.5, 0.6) is 5.75 Å². The zero-order valence-electron chi connectivity index (χ0n) is 18.0. The van der Waals surface area contributed by atoms with E-state index in [2.05, 4.69) is 15.5 Å². The van der Waals surface area contributed by atoms with Crippen molar-refractivity contribution in [2.75, 3.05) is 12.9 Å². The zero-order valence-corrected chi connectivity index (χ0v) is 18.8. The number of amides is 1. The fourth-order valence-corrected chi connectivity index (χ4v) is 3.87. The molecule has 0 spiro atoms. The second-order valence-corrected chi connectivity index (χ2v) is 8.34. The van der Waals surface area contributed by atoms with E-state index in [-0.39, 0.29) is 29.4 Å². The van der Waals surface area contributed by atoms with Crippen LogP contribution in [0.25, 0.3) is 0 Å². The molecule has 0 saturated carbocycles. The highest BCUT2D eigenvalue weighted by atomic mass is 32.2. The predicted octanol–water partition coefficient (Wildman–Crippen LogP) is 3.93. The Morgan fingerprint density at radius 2 is 1.71 bits per heavy atom. The second kappa shape index (κ2) is 10.3. The fourth-order valence-electron chi connectivity index (χ4n) is 3.06. The smallest absolute Gasteiger partial charge is 0.251 e. The van der Waals surface area contributed by atoms with Crippen molar-refractivity contribution >= 4 is 23.5 Å². The van der Waals surface area contributed by atoms with Gasteiger partial charge in [-0.1, -0.05) is 43.8 Å². The molecule has 8 heteroatoms. The quantitative estimate of drug-likeness (QED) is 0.402. The molecule has 1 heterocycles. The van der Waals surface area contributed by atoms with Gasteiger partial charge in [-0.05, 0) is 42.3 Å². The molecule has 162 valence electrons. The summed E-state index contributed by atoms with van der Waals surface area (Å²) in [4.78, 5) is 25.1. The maximum absolute atomic E-state index is 12.6. The molecular weight excluding hydrogens is 412 g/mol. The van der Waals surface area contributed by atoms with Gasteiger partial charge in [-0.15, -0.1) is 10.2 Å². The molecule has 1 aromatic heterocycles. The van der Waals surface area contributed by atoms with Gasteiger partial charge in [-0.3, -0.25) is 9.59 Å². The van der Waals surface area contributed by atoms with E-state index in [9.17, 15) is 9.59 Å². The Morgan fingerprint density at radius 3 is 2.32 bits per heavy atom. The van der Waals surface area contributed by atoms with Crippen molar-refractivity contribution in [2.24, 2.45) is 13.0 Å². The molecule has 31 heavy (non-hydrogen) atoms. The molecule has 1 amide bonds. The summed E-state index contributed by atoms with van der Waals surface area (Å²) in [5, 5.41) is 12.2. The first kappa shape index (κ1) is 22.6. The van der Waals surface area contributed by atoms with Gasteiger partial charge in [0.15, 0.2) is 16.8 Å². The molecule has 3 aromatic rings. The number of rotatable bonds is 9. The number of thioether (sulfide) groups is 1. The van der Waals surface area contributed by atoms with E-state index >= 15 is 0 Å². The normalized spacial score (nSPS) is 11.9. The molecule has 0 bridgehead atoms. The third kappa shape index (κ3) is 5.52. The number of carbonyl (C=O) groups excluding carboxylic acids is 2. The number of carbonyl (C=O) groups is 2. The van der Waals surface area contributed by atoms with Crippen LogP contribution in [-0.2, 0) is 7.05 Å². The van der Waals surface area contributed by atoms with Crippen LogP contribution in [0, 0.1) is 5.92 Å². The van der Waals surface area contributed by atoms with Gasteiger partial charge in [-0.2, -0.15) is 0 Å². The average Bonchev–Trinajstić information content (AvgIpc) is 3.15. The fraction of sp³-hybridized carbons (Fsp3) is 0.304. The minimum atomic E-state index is -0.308. The molecule has 7 nitrogen and oxygen atoms in total. The second-order valence-electron chi connectivity index (χ2n) is 7.40. The molecule has 0 aliphatic rings. The number of hydrogen-bond donors (Lipinski definition) is 1. The van der Waals surface area contributed by atoms with Crippen LogP contribution in [-0.4, -0.2) is 39.3 Å². The number of hydrogen-bond acceptors (Lipinski definition) is 6. The summed E-state index contributed by atoms with van der Waals surface area (Å²) in [7, 11) is 3.44. The summed E-state index contributed by atoms with van der Waals surface area (Å²) < 4.78 is 6.96. The SMILES string of the molecule is COc1ccc(C(=O)CSc2nnc(C(NC(=O)c3ccccc3)C(C)C)n2C)cc1. The highest BCUT2D eigenvalue weighted by Crippen LogP contribution is 2.25. The number of ether oxygens (including phenoxy) is 1. The van der Waals surface area contributed by atoms with Gasteiger partial charge in [0.05, 0.1) is 18.9 Å². The third-order valence-electron chi connectivity index (χ3n) is 4.88. The van der Waals surface area contributed by atoms with Crippen molar-refractivity contribution in [1.82, 2.24) is 20.1 Å². The monoisotopic (exact) mass is 438 g/mol. The summed E-state index contributed by atoms with van der Waals surface area (Å²) in [6, 6.07) is 15.8. The van der Waals surface area contributed by atoms with E-state index in [1.54, 1.807) is 43.5 Å². The molecule has 1 unspecified atom stereocenters. The highest BCUT2D eigenvalue weighted by molar-refractivity contribution is 7.99. The van der Waals surface area contributed by atoms with E-state index < -0.39 is 0 Å². The van der Waals surface area contributed by atoms with Crippen LogP contribution in [0.15, 0.2) is 59.8 Å². The van der Waals surface area contributed by atoms with Crippen molar-refractivity contribution in [2.45, 2.75) is 25.0 Å². The molecule has 0 aliphatic carbocycles. The van der Waals surface area contributed by atoms with E-state index in [1.165, 1.54) is 11.8 Å². The first-order valence-corrected chi connectivity index (χ1v) is 10.9. The number of nitrogens with zero attached hydrogens (tertiary/aromatic N) is 3. The van der Waals surface area contributed by atoms with Gasteiger partial charge in [0, 0.05) is 18.2 Å². The van der Waals surface area contributed by atoms with E-state index in [0.717, 1.165) is 0 Å². The Bertz CT molecular complexity index is 1030. The molecule has 0 fully saturated rings. The van der Waals surface area contributed by atoms with Crippen LogP contribution in [0.4, 0.5) is 0 Å². The standard InChI is InChI=1S/C23H26N4O3S/c1-15(2)20(24-22(29)17-8-6-5-7-9-17)21-25-26-23(27(21)3)31-14-19(28)16-10-12-18(30-4)13-11-16/h5-13,15,20H,14H2,1-4H3,(H,24,29). The van der Waals surface area contributed by atoms with Crippen LogP contribution >= 0.6 is 11.8 Å². The number of Topliss-reactive ketones (excluding diaryl/α,β-unsaturated/α-hetero) is 1. The molecule has 3 rings (SSSR count). The van der Waals surface area contributed by atoms with Crippen molar-refractivity contribution < 1.29 is 14.3 Å². The Hall–Kier alpha value is -3.13. The van der Waals surface area contributed by atoms with Gasteiger partial charge in [0.2, 0.25) is 0 Å². The third-order valence-corrected chi connectivity index (χ3v) is 5.90. The molecule has 0 aliphatic heterocycles. The molecule has 1 atom stereocenters. The summed E-state index contributed by atoms with van der Waals surface area (Å²) in [6.45, 7) is 4.04. The Morgan fingerprint density at radius 1 is 1.03 bits per heavy atom. The Labute approximate surface area is 186 Å². The minimum Gasteiger partial charge on any atom is -0.497 e. The van der Waals surface area contributed by atoms with Crippen LogP contribution < -0.4 is 10.1 Å². The van der Waals surface area contributed by atoms with Crippen molar-refractivity contribution in [3.05, 3.63) is 71.5 Å². The summed E-state index contributed by atoms with van der Waals surface area (Å²) in [5.41, 5.74) is 1.21. The van der Waals surface area contributed by atoms with E-state index in [4.69, 9.17) is 4.74 Å². The average molecular weight is 439 g/mol. The molecule has 1 N–H and O–H groups in total. The predicted molar refractivity (Wildman–Crippen MR) is 121 cm³/mol. The largest absolute Gasteiger partial charge is 0.497 e. The van der Waals surface area contributed by atoms with Crippen LogP contribution in [0.2, 0.25) is 0 Å². The molecule has 0 radical (unpaired) electrons. The first-order chi connectivity index (χ1) is 14.9. The van der Waals surface area contributed by atoms with Crippen molar-refractivity contribution in [1.29, 1.82) is 0 Å². The molecule has 0 saturated heterocycles. The lowest BCUT2D eigenvalue weighted by Gasteiger charge is -2.21. The van der Waals surface area contributed by atoms with Crippen LogP contribution in [0.1, 0.15) is 46.4 Å². The molecule has 2 aromatic carbocycles. The molecular formula is C23H26N4O3S. The lowest BCUT2D eigenvalue weighted by molar-refractivity contribution is 0.0921. The van der Waals surface area contributed by atoms with Gasteiger partial charge < -0.3 is 14.6 Å². The number of benzene rings is 2. The minimum absolute atomic E-state index is 0.00464. The lowest BCUT2D eigenvalue weighted by atomic mass is 10.0. The van der Waals surface area contributed by atoms with Gasteiger partial charge in [-0.25, -0.2) is 0 Å². The Balaban J connectivity index is 1.69. The van der Waals surface area contributed by atoms with Crippen molar-refractivity contribution in [3.8, 4) is 5.75 Å². The van der Waals surface area contributed by atoms with Gasteiger partial charge in [0.25, 0.3) is 5.91 Å². The van der Waals surface area contributed by atoms with Crippen LogP contribution in [0.3, 0.4) is 0 Å². The highest BCUT2D eigenvalue weighted by Gasteiger charge is 2.25. The van der Waals surface area contributed by atoms with E-state index in [1.807, 2.05) is 43.7 Å². The zero-order chi connectivity index (χ0) is 22.4. The topological polar surface area (TPSA) is 86.1 Å². The summed E-state index contributed by atoms with van der Waals surface area (Å²) in [6.07, 6.45) is 0. The first-order valence-electron chi connectivity index (χ1n) is 9.96. The maximum atomic E-state index is 12.6. The number of methoxy groups -OCH3 is 1. The Kier molecular flexibility index (Phi) is 7.46. The summed E-state index contributed by atoms with van der Waals surface area (Å²) >= 11 is 1.32. The summed E-state index contributed by atoms with van der Waals surface area (Å²) in [5.74, 6) is 1.54. The number of nitrogens with one attached hydrogen (secondary N) is 1. The van der Waals surface area contributed by atoms with Gasteiger partial charge >= 0.3 is 0 Å². The lowest BCUT2D eigenvalue weighted by Crippen LogP contribution is -2.33. The maximum Gasteiger partial charge on any atom is 0.251 e. The number of aromatic nitrogens is 3. The van der Waals surface area contributed by atoms with Gasteiger partial charge in [0.1, 0.15) is 5.75 Å². The van der Waals surface area contributed by atoms with E-state index in [0.29, 0.717) is 27.9 Å².